The van der Waals surface area contributed by atoms with E-state index in [1.54, 1.807) is 0 Å². The third-order valence-electron chi connectivity index (χ3n) is 3.79. The Morgan fingerprint density at radius 3 is 2.43 bits per heavy atom. The fraction of sp³-hybridized carbons (Fsp3) is 0.562. The summed E-state index contributed by atoms with van der Waals surface area (Å²) in [5.41, 5.74) is 0.636. The summed E-state index contributed by atoms with van der Waals surface area (Å²) in [6.45, 7) is 1.23. The van der Waals surface area contributed by atoms with Crippen molar-refractivity contribution in [2.24, 2.45) is 4.99 Å². The van der Waals surface area contributed by atoms with Gasteiger partial charge in [0.15, 0.2) is 5.96 Å². The summed E-state index contributed by atoms with van der Waals surface area (Å²) in [4.78, 5) is 6.57. The van der Waals surface area contributed by atoms with E-state index in [0.717, 1.165) is 31.6 Å². The highest BCUT2D eigenvalue weighted by Gasteiger charge is 2.31. The summed E-state index contributed by atoms with van der Waals surface area (Å²) in [5, 5.41) is 13.7. The summed E-state index contributed by atoms with van der Waals surface area (Å²) >= 11 is 0. The molecule has 1 aromatic rings. The fourth-order valence-electron chi connectivity index (χ4n) is 2.56. The van der Waals surface area contributed by atoms with Gasteiger partial charge in [0.05, 0.1) is 12.1 Å². The second kappa shape index (κ2) is 8.58. The number of halogens is 1. The van der Waals surface area contributed by atoms with Gasteiger partial charge in [0.25, 0.3) is 0 Å². The van der Waals surface area contributed by atoms with Gasteiger partial charge in [0.2, 0.25) is 0 Å². The van der Waals surface area contributed by atoms with E-state index < -0.39 is 5.60 Å². The first kappa shape index (κ1) is 18.2. The molecule has 0 saturated heterocycles. The van der Waals surface area contributed by atoms with Crippen LogP contribution in [0, 0.1) is 0 Å². The monoisotopic (exact) mass is 403 g/mol. The number of benzene rings is 1. The Morgan fingerprint density at radius 1 is 1.24 bits per heavy atom. The Hall–Kier alpha value is -0.820. The van der Waals surface area contributed by atoms with Gasteiger partial charge in [0, 0.05) is 20.6 Å². The summed E-state index contributed by atoms with van der Waals surface area (Å²) < 4.78 is 0. The first-order valence-electron chi connectivity index (χ1n) is 7.31. The summed E-state index contributed by atoms with van der Waals surface area (Å²) in [6, 6.07) is 10.2. The molecule has 0 unspecified atom stereocenters. The molecule has 0 aliphatic heterocycles. The van der Waals surface area contributed by atoms with E-state index in [0.29, 0.717) is 13.1 Å². The molecule has 0 atom stereocenters. The zero-order chi connectivity index (χ0) is 14.4. The number of nitrogens with zero attached hydrogens (tertiary/aromatic N) is 2. The maximum atomic E-state index is 10.4. The van der Waals surface area contributed by atoms with Crippen LogP contribution in [0.3, 0.4) is 0 Å². The maximum absolute atomic E-state index is 10.4. The minimum absolute atomic E-state index is 0. The van der Waals surface area contributed by atoms with Crippen molar-refractivity contribution in [2.45, 2.75) is 37.8 Å². The second-order valence-corrected chi connectivity index (χ2v) is 5.80. The Morgan fingerprint density at radius 2 is 1.86 bits per heavy atom. The zero-order valence-electron chi connectivity index (χ0n) is 12.9. The van der Waals surface area contributed by atoms with Gasteiger partial charge in [-0.25, -0.2) is 4.99 Å². The second-order valence-electron chi connectivity index (χ2n) is 5.80. The van der Waals surface area contributed by atoms with Gasteiger partial charge in [-0.2, -0.15) is 0 Å². The van der Waals surface area contributed by atoms with Crippen molar-refractivity contribution in [3.05, 3.63) is 35.9 Å². The Kier molecular flexibility index (Phi) is 7.45. The number of aliphatic imine (C=N–C) groups is 1. The maximum Gasteiger partial charge on any atom is 0.193 e. The molecule has 0 amide bonds. The quantitative estimate of drug-likeness (QED) is 0.462. The van der Waals surface area contributed by atoms with Crippen molar-refractivity contribution in [3.63, 3.8) is 0 Å². The van der Waals surface area contributed by atoms with Crippen LogP contribution < -0.4 is 5.32 Å². The molecule has 4 nitrogen and oxygen atoms in total. The van der Waals surface area contributed by atoms with Crippen LogP contribution in [0.15, 0.2) is 35.3 Å². The van der Waals surface area contributed by atoms with Gasteiger partial charge in [0.1, 0.15) is 0 Å². The molecule has 0 spiro atoms. The molecule has 0 radical (unpaired) electrons. The van der Waals surface area contributed by atoms with Crippen LogP contribution in [-0.4, -0.2) is 42.2 Å². The normalized spacial score (nSPS) is 17.2. The van der Waals surface area contributed by atoms with E-state index >= 15 is 0 Å². The molecule has 2 rings (SSSR count). The van der Waals surface area contributed by atoms with Gasteiger partial charge in [-0.1, -0.05) is 43.2 Å². The summed E-state index contributed by atoms with van der Waals surface area (Å²) in [7, 11) is 3.94. The van der Waals surface area contributed by atoms with E-state index in [-0.39, 0.29) is 24.0 Å². The highest BCUT2D eigenvalue weighted by atomic mass is 127. The van der Waals surface area contributed by atoms with Crippen molar-refractivity contribution in [1.82, 2.24) is 10.2 Å². The van der Waals surface area contributed by atoms with E-state index in [1.807, 2.05) is 37.2 Å². The van der Waals surface area contributed by atoms with Crippen molar-refractivity contribution in [2.75, 3.05) is 20.6 Å². The Balaban J connectivity index is 0.00000220. The predicted octanol–water partition coefficient (Wildman–Crippen LogP) is 2.62. The lowest BCUT2D eigenvalue weighted by molar-refractivity contribution is 0.0517. The SMILES string of the molecule is CN(C)C(=NCc1ccccc1)NCC1(O)CCCC1.I. The molecule has 2 N–H and O–H groups in total. The molecular weight excluding hydrogens is 377 g/mol. The Bertz CT molecular complexity index is 442. The third-order valence-corrected chi connectivity index (χ3v) is 3.79. The zero-order valence-corrected chi connectivity index (χ0v) is 15.2. The highest BCUT2D eigenvalue weighted by Crippen LogP contribution is 2.28. The van der Waals surface area contributed by atoms with Crippen LogP contribution in [-0.2, 0) is 6.54 Å². The molecular formula is C16H26IN3O. The number of aliphatic hydroxyl groups is 1. The van der Waals surface area contributed by atoms with Crippen molar-refractivity contribution in [3.8, 4) is 0 Å². The van der Waals surface area contributed by atoms with Crippen LogP contribution in [0.25, 0.3) is 0 Å². The van der Waals surface area contributed by atoms with Gasteiger partial charge in [-0.3, -0.25) is 0 Å². The largest absolute Gasteiger partial charge is 0.388 e. The topological polar surface area (TPSA) is 47.9 Å². The molecule has 5 heteroatoms. The van der Waals surface area contributed by atoms with Gasteiger partial charge < -0.3 is 15.3 Å². The molecule has 1 aliphatic rings. The molecule has 1 aliphatic carbocycles. The van der Waals surface area contributed by atoms with Crippen molar-refractivity contribution >= 4 is 29.9 Å². The van der Waals surface area contributed by atoms with Crippen LogP contribution in [0.4, 0.5) is 0 Å². The fourth-order valence-corrected chi connectivity index (χ4v) is 2.56. The predicted molar refractivity (Wildman–Crippen MR) is 98.1 cm³/mol. The number of rotatable bonds is 4. The van der Waals surface area contributed by atoms with Gasteiger partial charge >= 0.3 is 0 Å². The van der Waals surface area contributed by atoms with Crippen molar-refractivity contribution < 1.29 is 5.11 Å². The standard InChI is InChI=1S/C16H25N3O.HI/c1-19(2)15(17-12-14-8-4-3-5-9-14)18-13-16(20)10-6-7-11-16;/h3-5,8-9,20H,6-7,10-13H2,1-2H3,(H,17,18);1H. The van der Waals surface area contributed by atoms with E-state index in [2.05, 4.69) is 22.4 Å². The van der Waals surface area contributed by atoms with Gasteiger partial charge in [-0.05, 0) is 18.4 Å². The number of hydrogen-bond acceptors (Lipinski definition) is 2. The lowest BCUT2D eigenvalue weighted by Crippen LogP contribution is -2.45. The smallest absolute Gasteiger partial charge is 0.193 e. The van der Waals surface area contributed by atoms with Gasteiger partial charge in [-0.15, -0.1) is 24.0 Å². The molecule has 21 heavy (non-hydrogen) atoms. The molecule has 0 aromatic heterocycles. The van der Waals surface area contributed by atoms with Crippen LogP contribution >= 0.6 is 24.0 Å². The molecule has 1 aromatic carbocycles. The minimum atomic E-state index is -0.552. The number of nitrogens with one attached hydrogen (secondary N) is 1. The van der Waals surface area contributed by atoms with E-state index in [4.69, 9.17) is 0 Å². The average molecular weight is 403 g/mol. The van der Waals surface area contributed by atoms with Crippen molar-refractivity contribution in [1.29, 1.82) is 0 Å². The highest BCUT2D eigenvalue weighted by molar-refractivity contribution is 14.0. The molecule has 0 heterocycles. The van der Waals surface area contributed by atoms with Crippen LogP contribution in [0.2, 0.25) is 0 Å². The van der Waals surface area contributed by atoms with Crippen LogP contribution in [0.5, 0.6) is 0 Å². The first-order valence-corrected chi connectivity index (χ1v) is 7.31. The molecule has 1 saturated carbocycles. The Labute approximate surface area is 144 Å². The minimum Gasteiger partial charge on any atom is -0.388 e. The summed E-state index contributed by atoms with van der Waals surface area (Å²) in [6.07, 6.45) is 4.02. The third kappa shape index (κ3) is 5.82. The van der Waals surface area contributed by atoms with E-state index in [1.165, 1.54) is 5.56 Å². The average Bonchev–Trinajstić information content (AvgIpc) is 2.86. The number of guanidine groups is 1. The summed E-state index contributed by atoms with van der Waals surface area (Å²) in [5.74, 6) is 0.828. The molecule has 1 fully saturated rings. The number of hydrogen-bond donors (Lipinski definition) is 2. The first-order chi connectivity index (χ1) is 9.59. The molecule has 118 valence electrons. The van der Waals surface area contributed by atoms with Crippen LogP contribution in [0.1, 0.15) is 31.2 Å². The molecule has 0 bridgehead atoms. The van der Waals surface area contributed by atoms with E-state index in [9.17, 15) is 5.11 Å². The lowest BCUT2D eigenvalue weighted by Gasteiger charge is -2.26. The lowest BCUT2D eigenvalue weighted by atomic mass is 10.0.